The Balaban J connectivity index is 2.59. The molecule has 2 N–H and O–H groups in total. The molecule has 0 aliphatic carbocycles. The van der Waals surface area contributed by atoms with Gasteiger partial charge in [-0.2, -0.15) is 0 Å². The topological polar surface area (TPSA) is 38.9 Å². The molecule has 82 valence electrons. The van der Waals surface area contributed by atoms with Gasteiger partial charge in [-0.05, 0) is 31.2 Å². The van der Waals surface area contributed by atoms with E-state index in [1.807, 2.05) is 0 Å². The molecule has 1 heterocycles. The first-order valence-corrected chi connectivity index (χ1v) is 4.77. The molecule has 0 atom stereocenters. The van der Waals surface area contributed by atoms with Crippen LogP contribution in [0.2, 0.25) is 0 Å². The van der Waals surface area contributed by atoms with Crippen molar-refractivity contribution >= 4 is 5.69 Å². The van der Waals surface area contributed by atoms with E-state index in [0.29, 0.717) is 17.1 Å². The summed E-state index contributed by atoms with van der Waals surface area (Å²) in [6, 6.07) is 7.20. The SMILES string of the molecule is Cc1nc(-c2cccc(F)c2F)ccc1N. The van der Waals surface area contributed by atoms with E-state index in [0.717, 1.165) is 6.07 Å². The summed E-state index contributed by atoms with van der Waals surface area (Å²) < 4.78 is 26.5. The molecule has 1 aromatic carbocycles. The zero-order valence-electron chi connectivity index (χ0n) is 8.67. The Morgan fingerprint density at radius 2 is 1.88 bits per heavy atom. The molecule has 2 rings (SSSR count). The van der Waals surface area contributed by atoms with Gasteiger partial charge in [0.25, 0.3) is 0 Å². The lowest BCUT2D eigenvalue weighted by Crippen LogP contribution is -1.96. The minimum atomic E-state index is -0.890. The van der Waals surface area contributed by atoms with Gasteiger partial charge in [0.05, 0.1) is 17.1 Å². The first kappa shape index (κ1) is 10.5. The van der Waals surface area contributed by atoms with Crippen molar-refractivity contribution in [3.63, 3.8) is 0 Å². The predicted octanol–water partition coefficient (Wildman–Crippen LogP) is 2.92. The highest BCUT2D eigenvalue weighted by atomic mass is 19.2. The number of hydrogen-bond donors (Lipinski definition) is 1. The number of halogens is 2. The van der Waals surface area contributed by atoms with E-state index in [1.54, 1.807) is 19.1 Å². The number of nitrogen functional groups attached to an aromatic ring is 1. The predicted molar refractivity (Wildman–Crippen MR) is 58.7 cm³/mol. The second-order valence-electron chi connectivity index (χ2n) is 3.47. The van der Waals surface area contributed by atoms with Crippen molar-refractivity contribution in [2.45, 2.75) is 6.92 Å². The van der Waals surface area contributed by atoms with Crippen molar-refractivity contribution in [2.24, 2.45) is 0 Å². The van der Waals surface area contributed by atoms with E-state index in [1.165, 1.54) is 12.1 Å². The van der Waals surface area contributed by atoms with Gasteiger partial charge in [-0.1, -0.05) is 6.07 Å². The molecule has 0 saturated heterocycles. The summed E-state index contributed by atoms with van der Waals surface area (Å²) in [5.74, 6) is -1.77. The Hall–Kier alpha value is -1.97. The van der Waals surface area contributed by atoms with E-state index in [-0.39, 0.29) is 5.56 Å². The lowest BCUT2D eigenvalue weighted by atomic mass is 10.1. The van der Waals surface area contributed by atoms with Crippen LogP contribution in [0.4, 0.5) is 14.5 Å². The minimum Gasteiger partial charge on any atom is -0.397 e. The number of aryl methyl sites for hydroxylation is 1. The Bertz CT molecular complexity index is 539. The van der Waals surface area contributed by atoms with E-state index in [4.69, 9.17) is 5.73 Å². The molecule has 0 amide bonds. The molecule has 0 spiro atoms. The van der Waals surface area contributed by atoms with Crippen LogP contribution in [-0.2, 0) is 0 Å². The number of hydrogen-bond acceptors (Lipinski definition) is 2. The molecule has 2 aromatic rings. The molecule has 0 saturated carbocycles. The maximum absolute atomic E-state index is 13.5. The molecule has 0 radical (unpaired) electrons. The molecular formula is C12H10F2N2. The smallest absolute Gasteiger partial charge is 0.168 e. The fraction of sp³-hybridized carbons (Fsp3) is 0.0833. The summed E-state index contributed by atoms with van der Waals surface area (Å²) in [5, 5.41) is 0. The average molecular weight is 220 g/mol. The molecule has 16 heavy (non-hydrogen) atoms. The van der Waals surface area contributed by atoms with Gasteiger partial charge < -0.3 is 5.73 Å². The first-order chi connectivity index (χ1) is 7.59. The molecule has 0 bridgehead atoms. The van der Waals surface area contributed by atoms with E-state index < -0.39 is 11.6 Å². The van der Waals surface area contributed by atoms with Gasteiger partial charge in [0, 0.05) is 5.56 Å². The van der Waals surface area contributed by atoms with Crippen molar-refractivity contribution in [3.8, 4) is 11.3 Å². The third kappa shape index (κ3) is 1.74. The summed E-state index contributed by atoms with van der Waals surface area (Å²) in [7, 11) is 0. The van der Waals surface area contributed by atoms with Gasteiger partial charge in [-0.15, -0.1) is 0 Å². The second kappa shape index (κ2) is 3.89. The molecule has 0 aliphatic rings. The lowest BCUT2D eigenvalue weighted by Gasteiger charge is -2.05. The highest BCUT2D eigenvalue weighted by Crippen LogP contribution is 2.24. The van der Waals surface area contributed by atoms with Crippen LogP contribution < -0.4 is 5.73 Å². The van der Waals surface area contributed by atoms with Crippen LogP contribution in [0.5, 0.6) is 0 Å². The minimum absolute atomic E-state index is 0.142. The normalized spacial score (nSPS) is 10.4. The van der Waals surface area contributed by atoms with Crippen LogP contribution in [0.3, 0.4) is 0 Å². The largest absolute Gasteiger partial charge is 0.397 e. The van der Waals surface area contributed by atoms with E-state index in [2.05, 4.69) is 4.98 Å². The average Bonchev–Trinajstić information content (AvgIpc) is 2.26. The van der Waals surface area contributed by atoms with Crippen LogP contribution in [0.1, 0.15) is 5.69 Å². The molecule has 0 fully saturated rings. The molecular weight excluding hydrogens is 210 g/mol. The van der Waals surface area contributed by atoms with Crippen LogP contribution in [-0.4, -0.2) is 4.98 Å². The highest BCUT2D eigenvalue weighted by Gasteiger charge is 2.11. The monoisotopic (exact) mass is 220 g/mol. The Labute approximate surface area is 91.7 Å². The van der Waals surface area contributed by atoms with E-state index in [9.17, 15) is 8.78 Å². The van der Waals surface area contributed by atoms with Gasteiger partial charge in [-0.25, -0.2) is 8.78 Å². The van der Waals surface area contributed by atoms with Gasteiger partial charge in [-0.3, -0.25) is 4.98 Å². The quantitative estimate of drug-likeness (QED) is 0.802. The molecule has 1 aromatic heterocycles. The summed E-state index contributed by atoms with van der Waals surface area (Å²) in [6.07, 6.45) is 0. The first-order valence-electron chi connectivity index (χ1n) is 4.77. The maximum Gasteiger partial charge on any atom is 0.168 e. The highest BCUT2D eigenvalue weighted by molar-refractivity contribution is 5.62. The molecule has 0 unspecified atom stereocenters. The fourth-order valence-corrected chi connectivity index (χ4v) is 1.42. The van der Waals surface area contributed by atoms with Crippen LogP contribution in [0, 0.1) is 18.6 Å². The number of benzene rings is 1. The number of pyridine rings is 1. The number of nitrogens with zero attached hydrogens (tertiary/aromatic N) is 1. The molecule has 2 nitrogen and oxygen atoms in total. The van der Waals surface area contributed by atoms with Gasteiger partial charge in [0.15, 0.2) is 11.6 Å². The van der Waals surface area contributed by atoms with Crippen LogP contribution >= 0.6 is 0 Å². The van der Waals surface area contributed by atoms with Gasteiger partial charge >= 0.3 is 0 Å². The molecule has 0 aliphatic heterocycles. The van der Waals surface area contributed by atoms with Crippen LogP contribution in [0.15, 0.2) is 30.3 Å². The number of nitrogens with two attached hydrogens (primary N) is 1. The number of aromatic nitrogens is 1. The Morgan fingerprint density at radius 3 is 2.56 bits per heavy atom. The summed E-state index contributed by atoms with van der Waals surface area (Å²) in [6.45, 7) is 1.72. The van der Waals surface area contributed by atoms with Crippen molar-refractivity contribution in [1.29, 1.82) is 0 Å². The fourth-order valence-electron chi connectivity index (χ4n) is 1.42. The third-order valence-electron chi connectivity index (χ3n) is 2.35. The van der Waals surface area contributed by atoms with Gasteiger partial charge in [0.1, 0.15) is 0 Å². The number of anilines is 1. The summed E-state index contributed by atoms with van der Waals surface area (Å²) in [4.78, 5) is 4.11. The van der Waals surface area contributed by atoms with E-state index >= 15 is 0 Å². The standard InChI is InChI=1S/C12H10F2N2/c1-7-10(15)5-6-11(16-7)8-3-2-4-9(13)12(8)14/h2-6H,15H2,1H3. The van der Waals surface area contributed by atoms with Crippen LogP contribution in [0.25, 0.3) is 11.3 Å². The van der Waals surface area contributed by atoms with Crippen molar-refractivity contribution in [3.05, 3.63) is 47.7 Å². The Morgan fingerprint density at radius 1 is 1.12 bits per heavy atom. The number of rotatable bonds is 1. The third-order valence-corrected chi connectivity index (χ3v) is 2.35. The summed E-state index contributed by atoms with van der Waals surface area (Å²) in [5.41, 5.74) is 7.25. The van der Waals surface area contributed by atoms with Crippen molar-refractivity contribution in [2.75, 3.05) is 5.73 Å². The zero-order valence-corrected chi connectivity index (χ0v) is 8.67. The van der Waals surface area contributed by atoms with Crippen molar-refractivity contribution < 1.29 is 8.78 Å². The zero-order chi connectivity index (χ0) is 11.7. The maximum atomic E-state index is 13.5. The lowest BCUT2D eigenvalue weighted by molar-refractivity contribution is 0.511. The van der Waals surface area contributed by atoms with Gasteiger partial charge in [0.2, 0.25) is 0 Å². The Kier molecular flexibility index (Phi) is 2.56. The van der Waals surface area contributed by atoms with Crippen molar-refractivity contribution in [1.82, 2.24) is 4.98 Å². The summed E-state index contributed by atoms with van der Waals surface area (Å²) >= 11 is 0. The molecule has 4 heteroatoms. The second-order valence-corrected chi connectivity index (χ2v) is 3.47.